The number of benzene rings is 1. The SMILES string of the molecule is CCn1nncc1C(O)c1csc2ccccc12. The maximum atomic E-state index is 10.5. The van der Waals surface area contributed by atoms with Crippen molar-refractivity contribution in [1.82, 2.24) is 15.0 Å². The Balaban J connectivity index is 2.09. The Hall–Kier alpha value is -1.72. The van der Waals surface area contributed by atoms with Gasteiger partial charge in [-0.15, -0.1) is 16.4 Å². The fourth-order valence-corrected chi connectivity index (χ4v) is 3.07. The van der Waals surface area contributed by atoms with Crippen LogP contribution in [0.4, 0.5) is 0 Å². The van der Waals surface area contributed by atoms with Gasteiger partial charge in [0.15, 0.2) is 0 Å². The normalized spacial score (nSPS) is 13.0. The molecule has 2 heterocycles. The van der Waals surface area contributed by atoms with E-state index in [1.165, 1.54) is 4.70 Å². The van der Waals surface area contributed by atoms with Crippen LogP contribution in [-0.2, 0) is 6.54 Å². The molecule has 18 heavy (non-hydrogen) atoms. The Bertz CT molecular complexity index is 673. The molecule has 0 radical (unpaired) electrons. The molecule has 2 aromatic heterocycles. The number of thiophene rings is 1. The minimum Gasteiger partial charge on any atom is -0.382 e. The summed E-state index contributed by atoms with van der Waals surface area (Å²) in [6.45, 7) is 2.69. The lowest BCUT2D eigenvalue weighted by molar-refractivity contribution is 0.210. The highest BCUT2D eigenvalue weighted by Crippen LogP contribution is 2.32. The molecule has 0 spiro atoms. The second-order valence-corrected chi connectivity index (χ2v) is 4.98. The Morgan fingerprint density at radius 1 is 1.39 bits per heavy atom. The van der Waals surface area contributed by atoms with E-state index >= 15 is 0 Å². The number of hydrogen-bond acceptors (Lipinski definition) is 4. The van der Waals surface area contributed by atoms with Gasteiger partial charge >= 0.3 is 0 Å². The van der Waals surface area contributed by atoms with Crippen molar-refractivity contribution in [1.29, 1.82) is 0 Å². The molecule has 5 heteroatoms. The molecular formula is C13H13N3OS. The third-order valence-corrected chi connectivity index (χ3v) is 4.01. The van der Waals surface area contributed by atoms with Crippen molar-refractivity contribution in [3.05, 3.63) is 47.1 Å². The monoisotopic (exact) mass is 259 g/mol. The van der Waals surface area contributed by atoms with E-state index in [1.807, 2.05) is 30.5 Å². The molecule has 0 aliphatic rings. The van der Waals surface area contributed by atoms with E-state index in [9.17, 15) is 5.11 Å². The van der Waals surface area contributed by atoms with Gasteiger partial charge in [0.1, 0.15) is 6.10 Å². The average molecular weight is 259 g/mol. The molecule has 0 amide bonds. The second-order valence-electron chi connectivity index (χ2n) is 4.06. The van der Waals surface area contributed by atoms with Crippen molar-refractivity contribution in [3.63, 3.8) is 0 Å². The van der Waals surface area contributed by atoms with Gasteiger partial charge in [0, 0.05) is 16.8 Å². The minimum absolute atomic E-state index is 0.670. The third-order valence-electron chi connectivity index (χ3n) is 3.03. The Kier molecular flexibility index (Phi) is 2.85. The molecule has 0 bridgehead atoms. The van der Waals surface area contributed by atoms with Crippen LogP contribution >= 0.6 is 11.3 Å². The molecule has 3 aromatic rings. The smallest absolute Gasteiger partial charge is 0.124 e. The first kappa shape index (κ1) is 11.4. The number of hydrogen-bond donors (Lipinski definition) is 1. The Labute approximate surface area is 108 Å². The molecule has 1 atom stereocenters. The van der Waals surface area contributed by atoms with Gasteiger partial charge in [0.2, 0.25) is 0 Å². The molecule has 0 fully saturated rings. The zero-order chi connectivity index (χ0) is 12.5. The molecule has 0 saturated carbocycles. The topological polar surface area (TPSA) is 50.9 Å². The number of aliphatic hydroxyl groups excluding tert-OH is 1. The van der Waals surface area contributed by atoms with Crippen LogP contribution in [0, 0.1) is 0 Å². The van der Waals surface area contributed by atoms with Crippen molar-refractivity contribution in [3.8, 4) is 0 Å². The van der Waals surface area contributed by atoms with Crippen molar-refractivity contribution >= 4 is 21.4 Å². The van der Waals surface area contributed by atoms with Gasteiger partial charge < -0.3 is 5.11 Å². The Morgan fingerprint density at radius 3 is 3.06 bits per heavy atom. The van der Waals surface area contributed by atoms with Crippen molar-refractivity contribution < 1.29 is 5.11 Å². The Morgan fingerprint density at radius 2 is 2.22 bits per heavy atom. The first-order valence-corrected chi connectivity index (χ1v) is 6.71. The van der Waals surface area contributed by atoms with Crippen LogP contribution in [-0.4, -0.2) is 20.1 Å². The van der Waals surface area contributed by atoms with E-state index in [0.29, 0.717) is 6.54 Å². The van der Waals surface area contributed by atoms with Crippen LogP contribution in [0.15, 0.2) is 35.8 Å². The quantitative estimate of drug-likeness (QED) is 0.786. The number of aromatic nitrogens is 3. The van der Waals surface area contributed by atoms with Crippen LogP contribution < -0.4 is 0 Å². The number of aryl methyl sites for hydroxylation is 1. The summed E-state index contributed by atoms with van der Waals surface area (Å²) < 4.78 is 2.90. The van der Waals surface area contributed by atoms with Crippen LogP contribution in [0.3, 0.4) is 0 Å². The maximum Gasteiger partial charge on any atom is 0.124 e. The first-order chi connectivity index (χ1) is 8.81. The predicted octanol–water partition coefficient (Wildman–Crippen LogP) is 2.59. The van der Waals surface area contributed by atoms with Crippen LogP contribution in [0.5, 0.6) is 0 Å². The van der Waals surface area contributed by atoms with Gasteiger partial charge in [0.25, 0.3) is 0 Å². The molecule has 1 N–H and O–H groups in total. The molecule has 3 rings (SSSR count). The molecule has 1 aromatic carbocycles. The van der Waals surface area contributed by atoms with E-state index in [4.69, 9.17) is 0 Å². The predicted molar refractivity (Wildman–Crippen MR) is 71.6 cm³/mol. The van der Waals surface area contributed by atoms with Gasteiger partial charge in [0.05, 0.1) is 11.9 Å². The van der Waals surface area contributed by atoms with E-state index in [0.717, 1.165) is 16.6 Å². The third kappa shape index (κ3) is 1.72. The van der Waals surface area contributed by atoms with Crippen LogP contribution in [0.1, 0.15) is 24.3 Å². The van der Waals surface area contributed by atoms with Crippen molar-refractivity contribution in [2.45, 2.75) is 19.6 Å². The number of aliphatic hydroxyl groups is 1. The molecule has 92 valence electrons. The molecule has 0 aliphatic heterocycles. The van der Waals surface area contributed by atoms with E-state index in [1.54, 1.807) is 22.2 Å². The lowest BCUT2D eigenvalue weighted by Crippen LogP contribution is -2.08. The number of nitrogens with zero attached hydrogens (tertiary/aromatic N) is 3. The van der Waals surface area contributed by atoms with Gasteiger partial charge in [-0.05, 0) is 23.8 Å². The lowest BCUT2D eigenvalue weighted by atomic mass is 10.1. The van der Waals surface area contributed by atoms with E-state index in [2.05, 4.69) is 16.4 Å². The summed E-state index contributed by atoms with van der Waals surface area (Å²) in [4.78, 5) is 0. The largest absolute Gasteiger partial charge is 0.382 e. The highest BCUT2D eigenvalue weighted by molar-refractivity contribution is 7.17. The maximum absolute atomic E-state index is 10.5. The summed E-state index contributed by atoms with van der Waals surface area (Å²) in [5.74, 6) is 0. The van der Waals surface area contributed by atoms with Gasteiger partial charge in [-0.3, -0.25) is 0 Å². The summed E-state index contributed by atoms with van der Waals surface area (Å²) >= 11 is 1.64. The summed E-state index contributed by atoms with van der Waals surface area (Å²) in [6.07, 6.45) is 0.955. The summed E-state index contributed by atoms with van der Waals surface area (Å²) in [6, 6.07) is 8.09. The zero-order valence-corrected chi connectivity index (χ0v) is 10.8. The fourth-order valence-electron chi connectivity index (χ4n) is 2.09. The number of rotatable bonds is 3. The summed E-state index contributed by atoms with van der Waals surface area (Å²) in [5, 5.41) is 21.4. The van der Waals surface area contributed by atoms with E-state index in [-0.39, 0.29) is 0 Å². The average Bonchev–Trinajstić information content (AvgIpc) is 3.04. The summed E-state index contributed by atoms with van der Waals surface area (Å²) in [7, 11) is 0. The second kappa shape index (κ2) is 4.51. The lowest BCUT2D eigenvalue weighted by Gasteiger charge is -2.10. The van der Waals surface area contributed by atoms with Crippen molar-refractivity contribution in [2.24, 2.45) is 0 Å². The standard InChI is InChI=1S/C13H13N3OS/c1-2-16-11(7-14-15-16)13(17)10-8-18-12-6-4-3-5-9(10)12/h3-8,13,17H,2H2,1H3. The molecule has 0 saturated heterocycles. The molecule has 4 nitrogen and oxygen atoms in total. The van der Waals surface area contributed by atoms with Crippen LogP contribution in [0.25, 0.3) is 10.1 Å². The van der Waals surface area contributed by atoms with Crippen molar-refractivity contribution in [2.75, 3.05) is 0 Å². The first-order valence-electron chi connectivity index (χ1n) is 5.84. The van der Waals surface area contributed by atoms with Gasteiger partial charge in [-0.2, -0.15) is 0 Å². The fraction of sp³-hybridized carbons (Fsp3) is 0.231. The minimum atomic E-state index is -0.670. The molecule has 1 unspecified atom stereocenters. The molecule has 0 aliphatic carbocycles. The molecular weight excluding hydrogens is 246 g/mol. The van der Waals surface area contributed by atoms with Gasteiger partial charge in [-0.25, -0.2) is 4.68 Å². The zero-order valence-electron chi connectivity index (χ0n) is 9.95. The highest BCUT2D eigenvalue weighted by Gasteiger charge is 2.19. The summed E-state index contributed by atoms with van der Waals surface area (Å²) in [5.41, 5.74) is 1.66. The van der Waals surface area contributed by atoms with Crippen LogP contribution in [0.2, 0.25) is 0 Å². The highest BCUT2D eigenvalue weighted by atomic mass is 32.1. The van der Waals surface area contributed by atoms with E-state index < -0.39 is 6.10 Å². The number of fused-ring (bicyclic) bond motifs is 1. The van der Waals surface area contributed by atoms with Gasteiger partial charge in [-0.1, -0.05) is 23.4 Å².